The van der Waals surface area contributed by atoms with Crippen LogP contribution in [-0.2, 0) is 6.42 Å². The van der Waals surface area contributed by atoms with Crippen LogP contribution in [0.3, 0.4) is 0 Å². The second-order valence-electron chi connectivity index (χ2n) is 5.23. The Hall–Kier alpha value is -2.75. The number of nitrogens with zero attached hydrogens (tertiary/aromatic N) is 1. The summed E-state index contributed by atoms with van der Waals surface area (Å²) >= 11 is 0. The second kappa shape index (κ2) is 4.38. The van der Waals surface area contributed by atoms with Gasteiger partial charge in [0, 0.05) is 18.0 Å². The summed E-state index contributed by atoms with van der Waals surface area (Å²) in [6.07, 6.45) is 1.79. The van der Waals surface area contributed by atoms with E-state index in [-0.39, 0.29) is 5.91 Å². The fourth-order valence-electron chi connectivity index (χ4n) is 2.86. The fraction of sp³-hybridized carbons (Fsp3) is 0.118. The van der Waals surface area contributed by atoms with Crippen molar-refractivity contribution in [3.8, 4) is 5.75 Å². The van der Waals surface area contributed by atoms with Gasteiger partial charge in [0.1, 0.15) is 5.75 Å². The summed E-state index contributed by atoms with van der Waals surface area (Å²) in [4.78, 5) is 12.7. The van der Waals surface area contributed by atoms with Crippen LogP contribution in [0.25, 0.3) is 10.9 Å². The number of ether oxygens (including phenoxy) is 1. The minimum absolute atomic E-state index is 0.0842. The number of fused-ring (bicyclic) bond motifs is 2. The molecule has 0 aliphatic carbocycles. The molecule has 4 nitrogen and oxygen atoms in total. The Bertz CT molecular complexity index is 826. The Morgan fingerprint density at radius 2 is 1.90 bits per heavy atom. The van der Waals surface area contributed by atoms with Crippen molar-refractivity contribution in [1.82, 2.24) is 4.57 Å². The predicted molar refractivity (Wildman–Crippen MR) is 81.5 cm³/mol. The zero-order valence-corrected chi connectivity index (χ0v) is 11.3. The Labute approximate surface area is 121 Å². The zero-order valence-electron chi connectivity index (χ0n) is 11.3. The van der Waals surface area contributed by atoms with Gasteiger partial charge < -0.3 is 10.5 Å². The summed E-state index contributed by atoms with van der Waals surface area (Å²) in [7, 11) is 0. The van der Waals surface area contributed by atoms with Crippen LogP contribution in [0.1, 0.15) is 10.4 Å². The van der Waals surface area contributed by atoms with E-state index in [2.05, 4.69) is 0 Å². The molecule has 4 heteroatoms. The molecule has 2 aromatic carbocycles. The van der Waals surface area contributed by atoms with Gasteiger partial charge in [-0.15, -0.1) is 0 Å². The number of rotatable bonds is 1. The van der Waals surface area contributed by atoms with Crippen LogP contribution in [0.4, 0.5) is 5.69 Å². The van der Waals surface area contributed by atoms with Gasteiger partial charge in [-0.25, -0.2) is 0 Å². The molecule has 1 aliphatic rings. The van der Waals surface area contributed by atoms with Gasteiger partial charge in [0.05, 0.1) is 11.2 Å². The molecule has 0 saturated heterocycles. The Morgan fingerprint density at radius 3 is 2.76 bits per heavy atom. The van der Waals surface area contributed by atoms with E-state index < -0.39 is 6.10 Å². The van der Waals surface area contributed by atoms with E-state index in [0.717, 1.165) is 22.2 Å². The first-order valence-electron chi connectivity index (χ1n) is 6.88. The van der Waals surface area contributed by atoms with Gasteiger partial charge in [0.2, 0.25) is 0 Å². The molecule has 0 radical (unpaired) electrons. The third-order valence-corrected chi connectivity index (χ3v) is 3.90. The predicted octanol–water partition coefficient (Wildman–Crippen LogP) is 2.87. The monoisotopic (exact) mass is 278 g/mol. The first-order valence-corrected chi connectivity index (χ1v) is 6.88. The van der Waals surface area contributed by atoms with Crippen molar-refractivity contribution in [3.63, 3.8) is 0 Å². The maximum Gasteiger partial charge on any atom is 0.272 e. The molecule has 4 rings (SSSR count). The molecule has 2 heterocycles. The average molecular weight is 278 g/mol. The average Bonchev–Trinajstić information content (AvgIpc) is 3.09. The number of carbonyl (C=O) groups excluding carboxylic acids is 1. The largest absolute Gasteiger partial charge is 0.480 e. The van der Waals surface area contributed by atoms with Crippen LogP contribution >= 0.6 is 0 Å². The molecule has 0 bridgehead atoms. The standard InChI is InChI=1S/C17H14N2O2/c18-13-10-19(14-7-3-2-6-12(13)14)17(20)16-9-11-5-1-4-8-15(11)21-16/h1-8,10,16H,9,18H2. The summed E-state index contributed by atoms with van der Waals surface area (Å²) in [6, 6.07) is 15.4. The maximum absolute atomic E-state index is 12.7. The van der Waals surface area contributed by atoms with E-state index in [0.29, 0.717) is 12.1 Å². The molecular formula is C17H14N2O2. The van der Waals surface area contributed by atoms with Crippen LogP contribution in [-0.4, -0.2) is 16.6 Å². The first kappa shape index (κ1) is 12.0. The van der Waals surface area contributed by atoms with E-state index in [9.17, 15) is 4.79 Å². The number of para-hydroxylation sites is 2. The minimum atomic E-state index is -0.488. The molecule has 1 aliphatic heterocycles. The quantitative estimate of drug-likeness (QED) is 0.744. The first-order chi connectivity index (χ1) is 10.2. The van der Waals surface area contributed by atoms with Crippen molar-refractivity contribution in [1.29, 1.82) is 0 Å². The lowest BCUT2D eigenvalue weighted by Crippen LogP contribution is -2.30. The van der Waals surface area contributed by atoms with E-state index in [1.807, 2.05) is 48.5 Å². The number of nitrogens with two attached hydrogens (primary N) is 1. The normalized spacial score (nSPS) is 16.7. The summed E-state index contributed by atoms with van der Waals surface area (Å²) in [6.45, 7) is 0. The summed E-state index contributed by atoms with van der Waals surface area (Å²) < 4.78 is 7.37. The van der Waals surface area contributed by atoms with Gasteiger partial charge in [-0.3, -0.25) is 9.36 Å². The Kier molecular flexibility index (Phi) is 2.51. The molecule has 21 heavy (non-hydrogen) atoms. The number of aromatic nitrogens is 1. The molecule has 2 N–H and O–H groups in total. The van der Waals surface area contributed by atoms with Crippen LogP contribution in [0.15, 0.2) is 54.7 Å². The lowest BCUT2D eigenvalue weighted by atomic mass is 10.1. The van der Waals surface area contributed by atoms with E-state index >= 15 is 0 Å². The third kappa shape index (κ3) is 1.80. The topological polar surface area (TPSA) is 57.2 Å². The molecule has 0 spiro atoms. The summed E-state index contributed by atoms with van der Waals surface area (Å²) in [5.74, 6) is 0.708. The number of carbonyl (C=O) groups is 1. The zero-order chi connectivity index (χ0) is 14.4. The molecule has 104 valence electrons. The van der Waals surface area contributed by atoms with Crippen LogP contribution in [0.5, 0.6) is 5.75 Å². The fourth-order valence-corrected chi connectivity index (χ4v) is 2.86. The Morgan fingerprint density at radius 1 is 1.14 bits per heavy atom. The molecule has 1 atom stereocenters. The van der Waals surface area contributed by atoms with E-state index in [4.69, 9.17) is 10.5 Å². The highest BCUT2D eigenvalue weighted by Crippen LogP contribution is 2.30. The summed E-state index contributed by atoms with van der Waals surface area (Å²) in [5, 5.41) is 0.890. The highest BCUT2D eigenvalue weighted by molar-refractivity contribution is 6.00. The third-order valence-electron chi connectivity index (χ3n) is 3.90. The number of anilines is 1. The van der Waals surface area contributed by atoms with Gasteiger partial charge >= 0.3 is 0 Å². The molecule has 3 aromatic rings. The van der Waals surface area contributed by atoms with Crippen LogP contribution in [0, 0.1) is 0 Å². The van der Waals surface area contributed by atoms with E-state index in [1.165, 1.54) is 0 Å². The SMILES string of the molecule is Nc1cn(C(=O)C2Cc3ccccc3O2)c2ccccc12. The van der Waals surface area contributed by atoms with Crippen molar-refractivity contribution >= 4 is 22.5 Å². The van der Waals surface area contributed by atoms with Crippen molar-refractivity contribution in [3.05, 3.63) is 60.3 Å². The maximum atomic E-state index is 12.7. The number of benzene rings is 2. The van der Waals surface area contributed by atoms with Gasteiger partial charge in [-0.2, -0.15) is 0 Å². The molecule has 1 unspecified atom stereocenters. The van der Waals surface area contributed by atoms with Gasteiger partial charge in [-0.1, -0.05) is 36.4 Å². The molecule has 0 saturated carbocycles. The van der Waals surface area contributed by atoms with Crippen molar-refractivity contribution in [2.75, 3.05) is 5.73 Å². The smallest absolute Gasteiger partial charge is 0.272 e. The Balaban J connectivity index is 1.72. The van der Waals surface area contributed by atoms with Gasteiger partial charge in [0.15, 0.2) is 6.10 Å². The van der Waals surface area contributed by atoms with Crippen molar-refractivity contribution in [2.45, 2.75) is 12.5 Å². The highest BCUT2D eigenvalue weighted by Gasteiger charge is 2.30. The lowest BCUT2D eigenvalue weighted by Gasteiger charge is -2.11. The molecular weight excluding hydrogens is 264 g/mol. The van der Waals surface area contributed by atoms with E-state index in [1.54, 1.807) is 10.8 Å². The number of hydrogen-bond acceptors (Lipinski definition) is 3. The molecule has 1 aromatic heterocycles. The van der Waals surface area contributed by atoms with Crippen LogP contribution < -0.4 is 10.5 Å². The van der Waals surface area contributed by atoms with Crippen molar-refractivity contribution in [2.24, 2.45) is 0 Å². The highest BCUT2D eigenvalue weighted by atomic mass is 16.5. The van der Waals surface area contributed by atoms with Gasteiger partial charge in [-0.05, 0) is 17.7 Å². The molecule has 0 amide bonds. The number of hydrogen-bond donors (Lipinski definition) is 1. The lowest BCUT2D eigenvalue weighted by molar-refractivity contribution is 0.0740. The van der Waals surface area contributed by atoms with Crippen LogP contribution in [0.2, 0.25) is 0 Å². The minimum Gasteiger partial charge on any atom is -0.480 e. The molecule has 0 fully saturated rings. The number of nitrogen functional groups attached to an aromatic ring is 1. The second-order valence-corrected chi connectivity index (χ2v) is 5.23. The van der Waals surface area contributed by atoms with Crippen molar-refractivity contribution < 1.29 is 9.53 Å². The van der Waals surface area contributed by atoms with Gasteiger partial charge in [0.25, 0.3) is 5.91 Å². The summed E-state index contributed by atoms with van der Waals surface area (Å²) in [5.41, 5.74) is 8.48.